The molecule has 6 nitrogen and oxygen atoms in total. The molecule has 0 atom stereocenters. The van der Waals surface area contributed by atoms with Gasteiger partial charge in [0.1, 0.15) is 17.2 Å². The van der Waals surface area contributed by atoms with Crippen molar-refractivity contribution in [2.45, 2.75) is 0 Å². The number of amides is 1. The zero-order chi connectivity index (χ0) is 19.9. The average Bonchev–Trinajstić information content (AvgIpc) is 3.24. The lowest BCUT2D eigenvalue weighted by Gasteiger charge is -2.05. The smallest absolute Gasteiger partial charge is 0.281 e. The average molecular weight is 396 g/mol. The summed E-state index contributed by atoms with van der Waals surface area (Å²) in [6.07, 6.45) is 1.54. The summed E-state index contributed by atoms with van der Waals surface area (Å²) in [4.78, 5) is 13.9. The van der Waals surface area contributed by atoms with Gasteiger partial charge in [0.15, 0.2) is 0 Å². The molecular formula is C21H20N2O4S. The summed E-state index contributed by atoms with van der Waals surface area (Å²) in [6.45, 7) is 0. The number of carbonyl (C=O) groups excluding carboxylic acids is 1. The second kappa shape index (κ2) is 9.05. The quantitative estimate of drug-likeness (QED) is 0.480. The van der Waals surface area contributed by atoms with Crippen LogP contribution in [0.5, 0.6) is 17.2 Å². The van der Waals surface area contributed by atoms with Crippen LogP contribution in [0.2, 0.25) is 0 Å². The van der Waals surface area contributed by atoms with E-state index in [4.69, 9.17) is 14.2 Å². The van der Waals surface area contributed by atoms with E-state index in [1.165, 1.54) is 11.3 Å². The standard InChI is InChI=1S/C21H20N2O4S/c1-25-16-6-4-15(5-7-16)19-8-9-20(28-19)21(24)23-22-13-14-10-17(26-2)12-18(11-14)27-3/h4-13H,1-3H3,(H,23,24). The van der Waals surface area contributed by atoms with Crippen LogP contribution in [-0.4, -0.2) is 33.5 Å². The molecule has 3 aromatic rings. The number of nitrogens with zero attached hydrogens (tertiary/aromatic N) is 1. The lowest BCUT2D eigenvalue weighted by atomic mass is 10.2. The Balaban J connectivity index is 1.67. The second-order valence-electron chi connectivity index (χ2n) is 5.74. The monoisotopic (exact) mass is 396 g/mol. The fourth-order valence-corrected chi connectivity index (χ4v) is 3.40. The maximum absolute atomic E-state index is 12.3. The normalized spacial score (nSPS) is 10.7. The van der Waals surface area contributed by atoms with Gasteiger partial charge in [-0.05, 0) is 54.1 Å². The molecule has 3 rings (SSSR count). The van der Waals surface area contributed by atoms with Crippen molar-refractivity contribution in [2.24, 2.45) is 5.10 Å². The van der Waals surface area contributed by atoms with Gasteiger partial charge in [-0.3, -0.25) is 4.79 Å². The Morgan fingerprint density at radius 3 is 2.14 bits per heavy atom. The molecule has 0 saturated heterocycles. The Labute approximate surface area is 167 Å². The first-order chi connectivity index (χ1) is 13.6. The number of nitrogens with one attached hydrogen (secondary N) is 1. The third-order valence-corrected chi connectivity index (χ3v) is 5.09. The maximum atomic E-state index is 12.3. The van der Waals surface area contributed by atoms with Crippen molar-refractivity contribution in [3.8, 4) is 27.7 Å². The highest BCUT2D eigenvalue weighted by atomic mass is 32.1. The van der Waals surface area contributed by atoms with E-state index in [1.54, 1.807) is 51.8 Å². The van der Waals surface area contributed by atoms with Crippen molar-refractivity contribution in [1.82, 2.24) is 5.43 Å². The van der Waals surface area contributed by atoms with Gasteiger partial charge in [-0.1, -0.05) is 0 Å². The summed E-state index contributed by atoms with van der Waals surface area (Å²) < 4.78 is 15.6. The van der Waals surface area contributed by atoms with Gasteiger partial charge in [-0.25, -0.2) is 5.43 Å². The van der Waals surface area contributed by atoms with Crippen LogP contribution < -0.4 is 19.6 Å². The van der Waals surface area contributed by atoms with E-state index >= 15 is 0 Å². The SMILES string of the molecule is COc1ccc(-c2ccc(C(=O)NN=Cc3cc(OC)cc(OC)c3)s2)cc1. The van der Waals surface area contributed by atoms with Crippen molar-refractivity contribution in [3.05, 3.63) is 65.0 Å². The molecular weight excluding hydrogens is 376 g/mol. The fourth-order valence-electron chi connectivity index (χ4n) is 2.49. The number of benzene rings is 2. The molecule has 0 aliphatic rings. The molecule has 0 bridgehead atoms. The third kappa shape index (κ3) is 4.69. The highest BCUT2D eigenvalue weighted by Crippen LogP contribution is 2.29. The van der Waals surface area contributed by atoms with Crippen molar-refractivity contribution < 1.29 is 19.0 Å². The summed E-state index contributed by atoms with van der Waals surface area (Å²) >= 11 is 1.40. The number of methoxy groups -OCH3 is 3. The summed E-state index contributed by atoms with van der Waals surface area (Å²) in [6, 6.07) is 16.8. The van der Waals surface area contributed by atoms with Crippen molar-refractivity contribution in [1.29, 1.82) is 0 Å². The number of thiophene rings is 1. The molecule has 144 valence electrons. The van der Waals surface area contributed by atoms with Crippen LogP contribution >= 0.6 is 11.3 Å². The summed E-state index contributed by atoms with van der Waals surface area (Å²) in [7, 11) is 4.79. The number of ether oxygens (including phenoxy) is 3. The molecule has 0 aliphatic heterocycles. The number of hydrogen-bond acceptors (Lipinski definition) is 6. The molecule has 7 heteroatoms. The molecule has 0 radical (unpaired) electrons. The van der Waals surface area contributed by atoms with Gasteiger partial charge in [0.2, 0.25) is 0 Å². The largest absolute Gasteiger partial charge is 0.497 e. The molecule has 1 amide bonds. The Kier molecular flexibility index (Phi) is 6.29. The second-order valence-corrected chi connectivity index (χ2v) is 6.82. The van der Waals surface area contributed by atoms with Crippen LogP contribution in [0, 0.1) is 0 Å². The minimum Gasteiger partial charge on any atom is -0.497 e. The number of hydrogen-bond donors (Lipinski definition) is 1. The Bertz CT molecular complexity index is 958. The van der Waals surface area contributed by atoms with Gasteiger partial charge in [0.05, 0.1) is 32.4 Å². The van der Waals surface area contributed by atoms with E-state index < -0.39 is 0 Å². The van der Waals surface area contributed by atoms with Crippen LogP contribution in [0.15, 0.2) is 59.7 Å². The van der Waals surface area contributed by atoms with Crippen LogP contribution in [0.25, 0.3) is 10.4 Å². The van der Waals surface area contributed by atoms with E-state index in [0.29, 0.717) is 16.4 Å². The Morgan fingerprint density at radius 1 is 0.893 bits per heavy atom. The highest BCUT2D eigenvalue weighted by Gasteiger charge is 2.10. The van der Waals surface area contributed by atoms with E-state index in [1.807, 2.05) is 30.3 Å². The van der Waals surface area contributed by atoms with Crippen molar-refractivity contribution in [3.63, 3.8) is 0 Å². The van der Waals surface area contributed by atoms with Gasteiger partial charge < -0.3 is 14.2 Å². The first-order valence-corrected chi connectivity index (χ1v) is 9.25. The molecule has 1 aromatic heterocycles. The van der Waals surface area contributed by atoms with E-state index in [-0.39, 0.29) is 5.91 Å². The first-order valence-electron chi connectivity index (χ1n) is 8.43. The van der Waals surface area contributed by atoms with E-state index in [2.05, 4.69) is 10.5 Å². The van der Waals surface area contributed by atoms with Crippen LogP contribution in [0.4, 0.5) is 0 Å². The molecule has 0 spiro atoms. The predicted octanol–water partition coefficient (Wildman–Crippen LogP) is 4.20. The van der Waals surface area contributed by atoms with Crippen LogP contribution in [-0.2, 0) is 0 Å². The van der Waals surface area contributed by atoms with E-state index in [0.717, 1.165) is 21.8 Å². The maximum Gasteiger partial charge on any atom is 0.281 e. The van der Waals surface area contributed by atoms with Gasteiger partial charge in [-0.15, -0.1) is 11.3 Å². The topological polar surface area (TPSA) is 69.2 Å². The minimum absolute atomic E-state index is 0.268. The predicted molar refractivity (Wildman–Crippen MR) is 111 cm³/mol. The number of rotatable bonds is 7. The number of carbonyl (C=O) groups is 1. The van der Waals surface area contributed by atoms with Gasteiger partial charge in [0, 0.05) is 16.5 Å². The van der Waals surface area contributed by atoms with Crippen LogP contribution in [0.1, 0.15) is 15.2 Å². The summed E-state index contributed by atoms with van der Waals surface area (Å²) in [5.41, 5.74) is 4.32. The third-order valence-electron chi connectivity index (χ3n) is 3.96. The fraction of sp³-hybridized carbons (Fsp3) is 0.143. The van der Waals surface area contributed by atoms with E-state index in [9.17, 15) is 4.79 Å². The Hall–Kier alpha value is -3.32. The zero-order valence-electron chi connectivity index (χ0n) is 15.8. The minimum atomic E-state index is -0.268. The zero-order valence-corrected chi connectivity index (χ0v) is 16.6. The Morgan fingerprint density at radius 2 is 1.54 bits per heavy atom. The first kappa shape index (κ1) is 19.4. The van der Waals surface area contributed by atoms with Crippen LogP contribution in [0.3, 0.4) is 0 Å². The summed E-state index contributed by atoms with van der Waals surface area (Å²) in [5, 5.41) is 4.03. The molecule has 0 fully saturated rings. The molecule has 2 aromatic carbocycles. The lowest BCUT2D eigenvalue weighted by Crippen LogP contribution is -2.16. The van der Waals surface area contributed by atoms with Gasteiger partial charge in [-0.2, -0.15) is 5.10 Å². The van der Waals surface area contributed by atoms with Gasteiger partial charge >= 0.3 is 0 Å². The number of hydrazone groups is 1. The highest BCUT2D eigenvalue weighted by molar-refractivity contribution is 7.17. The molecule has 0 unspecified atom stereocenters. The molecule has 0 aliphatic carbocycles. The summed E-state index contributed by atoms with van der Waals surface area (Å²) in [5.74, 6) is 1.82. The molecule has 0 saturated carbocycles. The molecule has 1 heterocycles. The lowest BCUT2D eigenvalue weighted by molar-refractivity contribution is 0.0959. The van der Waals surface area contributed by atoms with Crippen molar-refractivity contribution in [2.75, 3.05) is 21.3 Å². The van der Waals surface area contributed by atoms with Crippen molar-refractivity contribution >= 4 is 23.5 Å². The van der Waals surface area contributed by atoms with Gasteiger partial charge in [0.25, 0.3) is 5.91 Å². The molecule has 28 heavy (non-hydrogen) atoms. The molecule has 1 N–H and O–H groups in total.